The van der Waals surface area contributed by atoms with Gasteiger partial charge in [0.05, 0.1) is 6.20 Å². The Bertz CT molecular complexity index is 425. The Morgan fingerprint density at radius 1 is 1.26 bits per heavy atom. The maximum absolute atomic E-state index is 4.30. The van der Waals surface area contributed by atoms with Crippen LogP contribution in [0.4, 0.5) is 0 Å². The van der Waals surface area contributed by atoms with Crippen molar-refractivity contribution in [2.45, 2.75) is 51.2 Å². The third-order valence-corrected chi connectivity index (χ3v) is 5.28. The van der Waals surface area contributed by atoms with E-state index in [0.717, 1.165) is 31.1 Å². The van der Waals surface area contributed by atoms with E-state index >= 15 is 0 Å². The Balaban J connectivity index is 1.47. The van der Waals surface area contributed by atoms with Gasteiger partial charge in [-0.2, -0.15) is 5.10 Å². The van der Waals surface area contributed by atoms with Gasteiger partial charge in [0.1, 0.15) is 0 Å². The fraction of sp³-hybridized carbons (Fsp3) is 0.800. The molecule has 2 atom stereocenters. The molecule has 0 aromatic carbocycles. The molecule has 2 saturated heterocycles. The summed E-state index contributed by atoms with van der Waals surface area (Å²) in [7, 11) is 4.32. The minimum Gasteiger partial charge on any atom is -0.312 e. The van der Waals surface area contributed by atoms with Crippen LogP contribution in [0, 0.1) is 12.8 Å². The summed E-state index contributed by atoms with van der Waals surface area (Å²) in [5.41, 5.74) is 2.61. The molecule has 2 bridgehead atoms. The number of aryl methyl sites for hydroxylation is 1. The first kappa shape index (κ1) is 13.1. The lowest BCUT2D eigenvalue weighted by molar-refractivity contribution is 0.133. The van der Waals surface area contributed by atoms with Crippen molar-refractivity contribution in [3.05, 3.63) is 17.5 Å². The Morgan fingerprint density at radius 2 is 1.95 bits per heavy atom. The normalized spacial score (nSPS) is 31.0. The zero-order valence-corrected chi connectivity index (χ0v) is 12.4. The molecule has 3 heterocycles. The van der Waals surface area contributed by atoms with E-state index in [1.54, 1.807) is 0 Å². The second kappa shape index (κ2) is 5.25. The first-order valence-electron chi connectivity index (χ1n) is 7.55. The molecule has 106 valence electrons. The molecule has 0 aliphatic carbocycles. The van der Waals surface area contributed by atoms with Gasteiger partial charge in [0.15, 0.2) is 0 Å². The van der Waals surface area contributed by atoms with Crippen molar-refractivity contribution < 1.29 is 0 Å². The van der Waals surface area contributed by atoms with Crippen LogP contribution in [0.25, 0.3) is 0 Å². The van der Waals surface area contributed by atoms with E-state index < -0.39 is 0 Å². The first-order valence-corrected chi connectivity index (χ1v) is 7.55. The van der Waals surface area contributed by atoms with Gasteiger partial charge in [0, 0.05) is 36.9 Å². The minimum atomic E-state index is 0.852. The molecule has 19 heavy (non-hydrogen) atoms. The zero-order valence-electron chi connectivity index (χ0n) is 12.4. The van der Waals surface area contributed by atoms with Crippen molar-refractivity contribution in [3.63, 3.8) is 0 Å². The number of hydrogen-bond donors (Lipinski definition) is 1. The standard InChI is InChI=1S/C15H26N4/c1-11-13(10-17-19(11)3)9-16-8-12-6-14-4-5-15(7-12)18(14)2/h10,12,14-16H,4-9H2,1-3H3. The van der Waals surface area contributed by atoms with Crippen molar-refractivity contribution in [2.24, 2.45) is 13.0 Å². The van der Waals surface area contributed by atoms with Gasteiger partial charge in [-0.3, -0.25) is 4.68 Å². The minimum absolute atomic E-state index is 0.852. The van der Waals surface area contributed by atoms with E-state index in [0.29, 0.717) is 0 Å². The van der Waals surface area contributed by atoms with Crippen molar-refractivity contribution in [3.8, 4) is 0 Å². The molecular weight excluding hydrogens is 236 g/mol. The number of rotatable bonds is 4. The molecule has 0 amide bonds. The molecule has 2 fully saturated rings. The molecular formula is C15H26N4. The van der Waals surface area contributed by atoms with E-state index in [9.17, 15) is 0 Å². The lowest BCUT2D eigenvalue weighted by atomic mass is 9.91. The second-order valence-corrected chi connectivity index (χ2v) is 6.40. The molecule has 1 N–H and O–H groups in total. The van der Waals surface area contributed by atoms with E-state index in [-0.39, 0.29) is 0 Å². The highest BCUT2D eigenvalue weighted by atomic mass is 15.3. The molecule has 0 saturated carbocycles. The second-order valence-electron chi connectivity index (χ2n) is 6.40. The van der Waals surface area contributed by atoms with E-state index in [1.165, 1.54) is 36.9 Å². The van der Waals surface area contributed by atoms with E-state index in [4.69, 9.17) is 0 Å². The Morgan fingerprint density at radius 3 is 2.53 bits per heavy atom. The summed E-state index contributed by atoms with van der Waals surface area (Å²) in [6, 6.07) is 1.70. The predicted octanol–water partition coefficient (Wildman–Crippen LogP) is 1.69. The van der Waals surface area contributed by atoms with Crippen LogP contribution in [-0.2, 0) is 13.6 Å². The number of nitrogens with zero attached hydrogens (tertiary/aromatic N) is 3. The van der Waals surface area contributed by atoms with Gasteiger partial charge in [0.2, 0.25) is 0 Å². The zero-order chi connectivity index (χ0) is 13.4. The summed E-state index contributed by atoms with van der Waals surface area (Å²) in [5.74, 6) is 0.866. The molecule has 4 nitrogen and oxygen atoms in total. The fourth-order valence-electron chi connectivity index (χ4n) is 3.82. The highest BCUT2D eigenvalue weighted by Gasteiger charge is 2.37. The smallest absolute Gasteiger partial charge is 0.0537 e. The fourth-order valence-corrected chi connectivity index (χ4v) is 3.82. The average Bonchev–Trinajstić information content (AvgIpc) is 2.80. The van der Waals surface area contributed by atoms with Crippen LogP contribution in [0.15, 0.2) is 6.20 Å². The predicted molar refractivity (Wildman–Crippen MR) is 76.9 cm³/mol. The topological polar surface area (TPSA) is 33.1 Å². The third kappa shape index (κ3) is 2.56. The largest absolute Gasteiger partial charge is 0.312 e. The lowest BCUT2D eigenvalue weighted by Crippen LogP contribution is -2.42. The average molecular weight is 262 g/mol. The highest BCUT2D eigenvalue weighted by molar-refractivity contribution is 5.15. The third-order valence-electron chi connectivity index (χ3n) is 5.28. The van der Waals surface area contributed by atoms with Crippen LogP contribution in [0.5, 0.6) is 0 Å². The van der Waals surface area contributed by atoms with Crippen molar-refractivity contribution >= 4 is 0 Å². The van der Waals surface area contributed by atoms with Gasteiger partial charge in [-0.05, 0) is 52.1 Å². The lowest BCUT2D eigenvalue weighted by Gasteiger charge is -2.36. The van der Waals surface area contributed by atoms with Crippen LogP contribution in [0.1, 0.15) is 36.9 Å². The van der Waals surface area contributed by atoms with E-state index in [2.05, 4.69) is 29.3 Å². The van der Waals surface area contributed by atoms with Gasteiger partial charge >= 0.3 is 0 Å². The van der Waals surface area contributed by atoms with Crippen LogP contribution in [-0.4, -0.2) is 40.4 Å². The summed E-state index contributed by atoms with van der Waals surface area (Å²) < 4.78 is 1.95. The van der Waals surface area contributed by atoms with Gasteiger partial charge < -0.3 is 10.2 Å². The Hall–Kier alpha value is -0.870. The van der Waals surface area contributed by atoms with Crippen LogP contribution in [0.3, 0.4) is 0 Å². The summed E-state index contributed by atoms with van der Waals surface area (Å²) in [5, 5.41) is 7.93. The van der Waals surface area contributed by atoms with Crippen molar-refractivity contribution in [2.75, 3.05) is 13.6 Å². The monoisotopic (exact) mass is 262 g/mol. The maximum Gasteiger partial charge on any atom is 0.0537 e. The molecule has 2 aliphatic heterocycles. The summed E-state index contributed by atoms with van der Waals surface area (Å²) in [4.78, 5) is 2.61. The molecule has 3 rings (SSSR count). The number of piperidine rings is 1. The molecule has 2 aliphatic rings. The number of fused-ring (bicyclic) bond motifs is 2. The van der Waals surface area contributed by atoms with Crippen LogP contribution >= 0.6 is 0 Å². The van der Waals surface area contributed by atoms with Gasteiger partial charge in [-0.15, -0.1) is 0 Å². The summed E-state index contributed by atoms with van der Waals surface area (Å²) in [6.07, 6.45) is 7.58. The number of nitrogens with one attached hydrogen (secondary N) is 1. The molecule has 4 heteroatoms. The quantitative estimate of drug-likeness (QED) is 0.896. The van der Waals surface area contributed by atoms with Crippen molar-refractivity contribution in [1.82, 2.24) is 20.0 Å². The van der Waals surface area contributed by atoms with E-state index in [1.807, 2.05) is 17.9 Å². The maximum atomic E-state index is 4.30. The summed E-state index contributed by atoms with van der Waals surface area (Å²) in [6.45, 7) is 4.26. The van der Waals surface area contributed by atoms with Crippen LogP contribution in [0.2, 0.25) is 0 Å². The van der Waals surface area contributed by atoms with Crippen LogP contribution < -0.4 is 5.32 Å². The summed E-state index contributed by atoms with van der Waals surface area (Å²) >= 11 is 0. The molecule has 0 radical (unpaired) electrons. The molecule has 1 aromatic rings. The van der Waals surface area contributed by atoms with Gasteiger partial charge in [-0.25, -0.2) is 0 Å². The number of aromatic nitrogens is 2. The highest BCUT2D eigenvalue weighted by Crippen LogP contribution is 2.36. The SMILES string of the molecule is Cc1c(CNCC2CC3CCC(C2)N3C)cnn1C. The van der Waals surface area contributed by atoms with Gasteiger partial charge in [0.25, 0.3) is 0 Å². The Kier molecular flexibility index (Phi) is 3.63. The molecule has 0 spiro atoms. The Labute approximate surface area is 116 Å². The molecule has 1 aromatic heterocycles. The van der Waals surface area contributed by atoms with Gasteiger partial charge in [-0.1, -0.05) is 0 Å². The number of hydrogen-bond acceptors (Lipinski definition) is 3. The first-order chi connectivity index (χ1) is 9.15. The van der Waals surface area contributed by atoms with Crippen molar-refractivity contribution in [1.29, 1.82) is 0 Å². The molecule has 2 unspecified atom stereocenters.